The zero-order valence-corrected chi connectivity index (χ0v) is 9.60. The first-order valence-corrected chi connectivity index (χ1v) is 5.89. The Balaban J connectivity index is 2.08. The second-order valence-electron chi connectivity index (χ2n) is 4.37. The van der Waals surface area contributed by atoms with E-state index in [1.54, 1.807) is 24.3 Å². The number of carboxylic acids is 1. The molecule has 1 unspecified atom stereocenters. The van der Waals surface area contributed by atoms with Gasteiger partial charge in [0.2, 0.25) is 0 Å². The lowest BCUT2D eigenvalue weighted by Crippen LogP contribution is -2.24. The number of anilines is 1. The Labute approximate surface area is 99.9 Å². The first-order valence-electron chi connectivity index (χ1n) is 5.89. The van der Waals surface area contributed by atoms with Gasteiger partial charge in [-0.3, -0.25) is 0 Å². The molecule has 0 aromatic heterocycles. The molecule has 0 saturated carbocycles. The van der Waals surface area contributed by atoms with Gasteiger partial charge >= 0.3 is 5.97 Å². The van der Waals surface area contributed by atoms with Gasteiger partial charge in [0.25, 0.3) is 0 Å². The quantitative estimate of drug-likeness (QED) is 0.859. The van der Waals surface area contributed by atoms with Crippen LogP contribution in [0.5, 0.6) is 0 Å². The second-order valence-corrected chi connectivity index (χ2v) is 4.37. The van der Waals surface area contributed by atoms with Gasteiger partial charge in [-0.25, -0.2) is 9.18 Å². The fourth-order valence-corrected chi connectivity index (χ4v) is 2.13. The Morgan fingerprint density at radius 2 is 1.94 bits per heavy atom. The summed E-state index contributed by atoms with van der Waals surface area (Å²) >= 11 is 0. The van der Waals surface area contributed by atoms with E-state index in [0.29, 0.717) is 19.4 Å². The van der Waals surface area contributed by atoms with Gasteiger partial charge < -0.3 is 10.0 Å². The predicted octanol–water partition coefficient (Wildman–Crippen LogP) is 2.71. The third kappa shape index (κ3) is 2.96. The first kappa shape index (κ1) is 11.9. The third-order valence-electron chi connectivity index (χ3n) is 3.14. The van der Waals surface area contributed by atoms with E-state index in [2.05, 4.69) is 4.90 Å². The average Bonchev–Trinajstić information content (AvgIpc) is 2.54. The molecule has 1 atom stereocenters. The van der Waals surface area contributed by atoms with Crippen LogP contribution in [0.2, 0.25) is 0 Å². The van der Waals surface area contributed by atoms with Crippen LogP contribution in [0.25, 0.3) is 0 Å². The van der Waals surface area contributed by atoms with E-state index in [9.17, 15) is 9.18 Å². The van der Waals surface area contributed by atoms with Gasteiger partial charge in [-0.2, -0.15) is 0 Å². The Morgan fingerprint density at radius 3 is 2.59 bits per heavy atom. The Bertz CT molecular complexity index is 391. The van der Waals surface area contributed by atoms with Crippen LogP contribution in [0.1, 0.15) is 29.6 Å². The number of rotatable bonds is 2. The highest BCUT2D eigenvalue weighted by Gasteiger charge is 2.16. The average molecular weight is 237 g/mol. The van der Waals surface area contributed by atoms with Crippen molar-refractivity contribution in [3.8, 4) is 0 Å². The van der Waals surface area contributed by atoms with E-state index < -0.39 is 12.1 Å². The number of alkyl halides is 1. The summed E-state index contributed by atoms with van der Waals surface area (Å²) in [5, 5.41) is 8.80. The number of benzene rings is 1. The summed E-state index contributed by atoms with van der Waals surface area (Å²) in [6.45, 7) is 1.54. The fraction of sp³-hybridized carbons (Fsp3) is 0.462. The van der Waals surface area contributed by atoms with E-state index >= 15 is 0 Å². The molecular weight excluding hydrogens is 221 g/mol. The molecule has 17 heavy (non-hydrogen) atoms. The third-order valence-corrected chi connectivity index (χ3v) is 3.14. The van der Waals surface area contributed by atoms with Gasteiger partial charge in [-0.15, -0.1) is 0 Å². The predicted molar refractivity (Wildman–Crippen MR) is 64.4 cm³/mol. The molecule has 1 aliphatic heterocycles. The number of hydrogen-bond donors (Lipinski definition) is 1. The molecule has 1 aliphatic rings. The van der Waals surface area contributed by atoms with E-state index in [-0.39, 0.29) is 5.56 Å². The number of halogens is 1. The molecule has 4 heteroatoms. The minimum absolute atomic E-state index is 0.284. The minimum atomic E-state index is -0.920. The molecule has 3 nitrogen and oxygen atoms in total. The standard InChI is InChI=1S/C13H16FNO2/c14-11-2-1-8-15(9-7-11)12-5-3-10(4-6-12)13(16)17/h3-6,11H,1-2,7-9H2,(H,16,17). The van der Waals surface area contributed by atoms with Crippen molar-refractivity contribution in [2.24, 2.45) is 0 Å². The molecule has 0 aliphatic carbocycles. The van der Waals surface area contributed by atoms with Crippen molar-refractivity contribution in [1.82, 2.24) is 0 Å². The summed E-state index contributed by atoms with van der Waals surface area (Å²) in [5.74, 6) is -0.920. The van der Waals surface area contributed by atoms with Crippen LogP contribution < -0.4 is 4.90 Å². The number of carboxylic acid groups (broad SMARTS) is 1. The molecule has 2 rings (SSSR count). The normalized spacial score (nSPS) is 21.0. The minimum Gasteiger partial charge on any atom is -0.478 e. The molecular formula is C13H16FNO2. The number of hydrogen-bond acceptors (Lipinski definition) is 2. The van der Waals surface area contributed by atoms with E-state index in [1.807, 2.05) is 0 Å². The van der Waals surface area contributed by atoms with Crippen molar-refractivity contribution >= 4 is 11.7 Å². The second kappa shape index (κ2) is 5.17. The Morgan fingerprint density at radius 1 is 1.24 bits per heavy atom. The van der Waals surface area contributed by atoms with Crippen molar-refractivity contribution < 1.29 is 14.3 Å². The van der Waals surface area contributed by atoms with Gasteiger partial charge in [-0.1, -0.05) is 0 Å². The first-order chi connectivity index (χ1) is 8.16. The molecule has 0 bridgehead atoms. The Hall–Kier alpha value is -1.58. The highest BCUT2D eigenvalue weighted by molar-refractivity contribution is 5.88. The summed E-state index contributed by atoms with van der Waals surface area (Å²) in [4.78, 5) is 12.8. The van der Waals surface area contributed by atoms with Crippen molar-refractivity contribution in [3.63, 3.8) is 0 Å². The maximum Gasteiger partial charge on any atom is 0.335 e. The lowest BCUT2D eigenvalue weighted by atomic mass is 10.2. The molecule has 1 fully saturated rings. The van der Waals surface area contributed by atoms with Crippen molar-refractivity contribution in [1.29, 1.82) is 0 Å². The maximum absolute atomic E-state index is 13.2. The van der Waals surface area contributed by atoms with Gasteiger partial charge in [0.05, 0.1) is 5.56 Å². The van der Waals surface area contributed by atoms with Crippen LogP contribution in [0.3, 0.4) is 0 Å². The number of nitrogens with zero attached hydrogens (tertiary/aromatic N) is 1. The lowest BCUT2D eigenvalue weighted by molar-refractivity contribution is 0.0697. The monoisotopic (exact) mass is 237 g/mol. The fourth-order valence-electron chi connectivity index (χ4n) is 2.13. The molecule has 0 spiro atoms. The number of carbonyl (C=O) groups is 1. The zero-order chi connectivity index (χ0) is 12.3. The largest absolute Gasteiger partial charge is 0.478 e. The maximum atomic E-state index is 13.2. The summed E-state index contributed by atoms with van der Waals surface area (Å²) in [6.07, 6.45) is 1.34. The zero-order valence-electron chi connectivity index (χ0n) is 9.60. The van der Waals surface area contributed by atoms with Crippen molar-refractivity contribution in [2.75, 3.05) is 18.0 Å². The van der Waals surface area contributed by atoms with Crippen LogP contribution in [0, 0.1) is 0 Å². The molecule has 1 saturated heterocycles. The van der Waals surface area contributed by atoms with Crippen LogP contribution in [-0.2, 0) is 0 Å². The summed E-state index contributed by atoms with van der Waals surface area (Å²) in [7, 11) is 0. The smallest absolute Gasteiger partial charge is 0.335 e. The Kier molecular flexibility index (Phi) is 3.61. The summed E-state index contributed by atoms with van der Waals surface area (Å²) in [6, 6.07) is 6.77. The lowest BCUT2D eigenvalue weighted by Gasteiger charge is -2.22. The van der Waals surface area contributed by atoms with E-state index in [0.717, 1.165) is 18.7 Å². The highest BCUT2D eigenvalue weighted by Crippen LogP contribution is 2.21. The van der Waals surface area contributed by atoms with Gasteiger partial charge in [0, 0.05) is 18.8 Å². The number of aromatic carboxylic acids is 1. The molecule has 1 N–H and O–H groups in total. The van der Waals surface area contributed by atoms with E-state index in [4.69, 9.17) is 5.11 Å². The van der Waals surface area contributed by atoms with Gasteiger partial charge in [-0.05, 0) is 43.5 Å². The topological polar surface area (TPSA) is 40.5 Å². The summed E-state index contributed by atoms with van der Waals surface area (Å²) in [5.41, 5.74) is 1.26. The van der Waals surface area contributed by atoms with Gasteiger partial charge in [0.1, 0.15) is 6.17 Å². The van der Waals surface area contributed by atoms with Gasteiger partial charge in [0.15, 0.2) is 0 Å². The highest BCUT2D eigenvalue weighted by atomic mass is 19.1. The molecule has 1 aromatic carbocycles. The molecule has 1 aromatic rings. The van der Waals surface area contributed by atoms with Crippen molar-refractivity contribution in [2.45, 2.75) is 25.4 Å². The van der Waals surface area contributed by atoms with Crippen LogP contribution in [0.15, 0.2) is 24.3 Å². The van der Waals surface area contributed by atoms with Crippen LogP contribution in [-0.4, -0.2) is 30.3 Å². The van der Waals surface area contributed by atoms with Crippen molar-refractivity contribution in [3.05, 3.63) is 29.8 Å². The molecule has 0 radical (unpaired) electrons. The van der Waals surface area contributed by atoms with E-state index in [1.165, 1.54) is 0 Å². The summed E-state index contributed by atoms with van der Waals surface area (Å²) < 4.78 is 13.2. The van der Waals surface area contributed by atoms with Crippen LogP contribution in [0.4, 0.5) is 10.1 Å². The molecule has 1 heterocycles. The molecule has 92 valence electrons. The SMILES string of the molecule is O=C(O)c1ccc(N2CCCC(F)CC2)cc1. The molecule has 0 amide bonds. The van der Waals surface area contributed by atoms with Crippen LogP contribution >= 0.6 is 0 Å².